The van der Waals surface area contributed by atoms with E-state index in [9.17, 15) is 0 Å². The first-order valence-electron chi connectivity index (χ1n) is 17.6. The van der Waals surface area contributed by atoms with Crippen LogP contribution in [0.5, 0.6) is 0 Å². The molecular weight excluding hydrogens is 842 g/mol. The van der Waals surface area contributed by atoms with Crippen LogP contribution in [-0.2, 0) is 15.1 Å². The van der Waals surface area contributed by atoms with Gasteiger partial charge >= 0.3 is 34.5 Å². The summed E-state index contributed by atoms with van der Waals surface area (Å²) < 4.78 is 0. The van der Waals surface area contributed by atoms with Gasteiger partial charge in [-0.05, 0) is 68.8 Å². The van der Waals surface area contributed by atoms with Crippen LogP contribution in [0.4, 0.5) is 0 Å². The molecule has 4 aromatic heterocycles. The Morgan fingerprint density at radius 3 is 0.679 bits per heavy atom. The zero-order chi connectivity index (χ0) is 37.4. The third kappa shape index (κ3) is 8.05. The quantitative estimate of drug-likeness (QED) is 0.131. The van der Waals surface area contributed by atoms with E-state index < -0.39 is 0 Å². The first kappa shape index (κ1) is 38.7. The summed E-state index contributed by atoms with van der Waals surface area (Å²) in [5.41, 5.74) is 13.3. The zero-order valence-electron chi connectivity index (χ0n) is 29.7. The Kier molecular flexibility index (Phi) is 12.7. The van der Waals surface area contributed by atoms with Crippen molar-refractivity contribution in [3.8, 4) is 44.5 Å². The van der Waals surface area contributed by atoms with Crippen molar-refractivity contribution in [3.63, 3.8) is 0 Å². The number of benzene rings is 6. The van der Waals surface area contributed by atoms with E-state index >= 15 is 0 Å². The molecule has 0 aliphatic rings. The van der Waals surface area contributed by atoms with E-state index in [0.717, 1.165) is 43.6 Å². The van der Waals surface area contributed by atoms with E-state index in [1.165, 1.54) is 44.5 Å². The van der Waals surface area contributed by atoms with Gasteiger partial charge in [0.1, 0.15) is 0 Å². The molecule has 0 atom stereocenters. The van der Waals surface area contributed by atoms with Crippen LogP contribution in [0.3, 0.4) is 0 Å². The molecule has 4 nitrogen and oxygen atoms in total. The number of pyridine rings is 4. The van der Waals surface area contributed by atoms with Gasteiger partial charge in [0.25, 0.3) is 0 Å². The van der Waals surface area contributed by atoms with Gasteiger partial charge in [0, 0.05) is 46.3 Å². The minimum absolute atomic E-state index is 0. The number of hydrogen-bond acceptors (Lipinski definition) is 4. The SMILES string of the molecule is [Cl-].[Cl][Rh+][Cl].c1ccc(-c2ccnc3c2ccc2c(-c4ccccc4)ccnc23)cc1.c1ccc(-c2ccnc3c2ccc2c(-c4ccccc4)ccnc23)cc1. The number of fused-ring (bicyclic) bond motifs is 6. The fraction of sp³-hybridized carbons (Fsp3) is 0. The maximum atomic E-state index is 4.83. The van der Waals surface area contributed by atoms with Crippen molar-refractivity contribution in [2.45, 2.75) is 0 Å². The Bertz CT molecular complexity index is 2470. The van der Waals surface area contributed by atoms with Crippen molar-refractivity contribution < 1.29 is 27.6 Å². The van der Waals surface area contributed by atoms with E-state index in [2.05, 4.69) is 166 Å². The second-order valence-corrected chi connectivity index (χ2v) is 15.1. The molecule has 0 unspecified atom stereocenters. The van der Waals surface area contributed by atoms with Crippen molar-refractivity contribution >= 4 is 63.0 Å². The van der Waals surface area contributed by atoms with Gasteiger partial charge in [-0.15, -0.1) is 0 Å². The number of hydrogen-bond donors (Lipinski definition) is 0. The molecule has 0 bridgehead atoms. The molecule has 0 saturated carbocycles. The number of rotatable bonds is 4. The Labute approximate surface area is 347 Å². The van der Waals surface area contributed by atoms with Gasteiger partial charge in [-0.3, -0.25) is 19.9 Å². The third-order valence-corrected chi connectivity index (χ3v) is 9.58. The van der Waals surface area contributed by atoms with E-state index in [-0.39, 0.29) is 27.6 Å². The maximum Gasteiger partial charge on any atom is 0.0970 e. The van der Waals surface area contributed by atoms with Gasteiger partial charge in [0.05, 0.1) is 22.1 Å². The maximum absolute atomic E-state index is 4.83. The minimum atomic E-state index is -0.226. The van der Waals surface area contributed by atoms with Gasteiger partial charge in [0.2, 0.25) is 0 Å². The molecule has 10 rings (SSSR count). The summed E-state index contributed by atoms with van der Waals surface area (Å²) in [6.07, 6.45) is 7.50. The molecule has 4 heterocycles. The van der Waals surface area contributed by atoms with Crippen molar-refractivity contribution in [2.75, 3.05) is 0 Å². The van der Waals surface area contributed by atoms with Crippen LogP contribution < -0.4 is 12.4 Å². The minimum Gasteiger partial charge on any atom is -0.254 e. The van der Waals surface area contributed by atoms with Crippen LogP contribution in [0.1, 0.15) is 0 Å². The Morgan fingerprint density at radius 1 is 0.286 bits per heavy atom. The van der Waals surface area contributed by atoms with Gasteiger partial charge in [-0.2, -0.15) is 0 Å². The summed E-state index contributed by atoms with van der Waals surface area (Å²) in [5, 5.41) is 4.51. The van der Waals surface area contributed by atoms with E-state index in [1.807, 2.05) is 49.1 Å². The molecule has 10 aromatic rings. The predicted molar refractivity (Wildman–Crippen MR) is 228 cm³/mol. The molecule has 0 aliphatic heterocycles. The van der Waals surface area contributed by atoms with Crippen LogP contribution in [-0.4, -0.2) is 19.9 Å². The van der Waals surface area contributed by atoms with Crippen LogP contribution in [0, 0.1) is 0 Å². The second kappa shape index (κ2) is 18.4. The van der Waals surface area contributed by atoms with Crippen molar-refractivity contribution in [1.29, 1.82) is 0 Å². The molecule has 0 aliphatic carbocycles. The summed E-state index contributed by atoms with van der Waals surface area (Å²) >= 11 is -0.226. The van der Waals surface area contributed by atoms with Crippen LogP contribution in [0.15, 0.2) is 195 Å². The average molecular weight is 874 g/mol. The molecule has 0 N–H and O–H groups in total. The van der Waals surface area contributed by atoms with E-state index in [4.69, 9.17) is 19.4 Å². The van der Waals surface area contributed by atoms with Crippen LogP contribution in [0.25, 0.3) is 88.1 Å². The number of halogens is 3. The predicted octanol–water partition coefficient (Wildman–Crippen LogP) is 10.6. The molecule has 8 heteroatoms. The van der Waals surface area contributed by atoms with Crippen molar-refractivity contribution in [3.05, 3.63) is 195 Å². The summed E-state index contributed by atoms with van der Waals surface area (Å²) in [7, 11) is 9.67. The summed E-state index contributed by atoms with van der Waals surface area (Å²) in [5.74, 6) is 0. The fourth-order valence-electron chi connectivity index (χ4n) is 7.13. The van der Waals surface area contributed by atoms with Crippen LogP contribution >= 0.6 is 19.4 Å². The molecule has 56 heavy (non-hydrogen) atoms. The third-order valence-electron chi connectivity index (χ3n) is 9.58. The Morgan fingerprint density at radius 2 is 0.482 bits per heavy atom. The smallest absolute Gasteiger partial charge is 0.0970 e. The first-order valence-corrected chi connectivity index (χ1v) is 21.9. The normalized spacial score (nSPS) is 10.7. The van der Waals surface area contributed by atoms with E-state index in [1.54, 1.807) is 0 Å². The molecule has 6 aromatic carbocycles. The van der Waals surface area contributed by atoms with E-state index in [0.29, 0.717) is 0 Å². The Hall–Kier alpha value is -5.55. The average Bonchev–Trinajstić information content (AvgIpc) is 3.27. The summed E-state index contributed by atoms with van der Waals surface area (Å²) in [6, 6.07) is 58.7. The molecule has 0 saturated heterocycles. The standard InChI is InChI=1S/2C24H16N2.3ClH.Rh/c2*1-3-7-17(8-4-1)19-13-15-25-23-21(19)11-12-22-20(14-16-26-24(22)23)18-9-5-2-6-10-18;;;;/h2*1-16H;3*1H;/q;;;;;+3/p-3. The molecule has 0 fully saturated rings. The molecule has 0 amide bonds. The van der Waals surface area contributed by atoms with Crippen LogP contribution in [0.2, 0.25) is 0 Å². The zero-order valence-corrected chi connectivity index (χ0v) is 33.6. The molecule has 0 radical (unpaired) electrons. The summed E-state index contributed by atoms with van der Waals surface area (Å²) in [4.78, 5) is 18.7. The second-order valence-electron chi connectivity index (χ2n) is 12.7. The number of nitrogens with zero attached hydrogens (tertiary/aromatic N) is 4. The largest absolute Gasteiger partial charge is 0.254 e. The summed E-state index contributed by atoms with van der Waals surface area (Å²) in [6.45, 7) is 0. The van der Waals surface area contributed by atoms with Crippen molar-refractivity contribution in [2.24, 2.45) is 0 Å². The van der Waals surface area contributed by atoms with Crippen molar-refractivity contribution in [1.82, 2.24) is 19.9 Å². The molecule has 0 spiro atoms. The van der Waals surface area contributed by atoms with Gasteiger partial charge in [-0.25, -0.2) is 0 Å². The molecular formula is C48H32Cl3N4Rh. The first-order chi connectivity index (χ1) is 27.2. The number of aromatic nitrogens is 4. The Balaban J connectivity index is 0.000000158. The monoisotopic (exact) mass is 872 g/mol. The van der Waals surface area contributed by atoms with Gasteiger partial charge < -0.3 is 12.4 Å². The molecule has 274 valence electrons. The topological polar surface area (TPSA) is 51.6 Å². The fourth-order valence-corrected chi connectivity index (χ4v) is 7.13. The van der Waals surface area contributed by atoms with Gasteiger partial charge in [0.15, 0.2) is 0 Å². The van der Waals surface area contributed by atoms with Gasteiger partial charge in [-0.1, -0.05) is 146 Å².